The zero-order valence-corrected chi connectivity index (χ0v) is 13.3. The number of hydrogen-bond donors (Lipinski definition) is 0. The molecule has 0 bridgehead atoms. The molecule has 2 aromatic rings. The van der Waals surface area contributed by atoms with Gasteiger partial charge in [-0.1, -0.05) is 45.7 Å². The molecule has 2 rings (SSSR count). The van der Waals surface area contributed by atoms with E-state index in [2.05, 4.69) is 41.1 Å². The van der Waals surface area contributed by atoms with Gasteiger partial charge in [0.25, 0.3) is 0 Å². The molecule has 1 atom stereocenters. The summed E-state index contributed by atoms with van der Waals surface area (Å²) >= 11 is 9.82. The summed E-state index contributed by atoms with van der Waals surface area (Å²) in [6.45, 7) is 2.11. The number of alkyl halides is 1. The van der Waals surface area contributed by atoms with Crippen LogP contribution in [0.5, 0.6) is 5.75 Å². The lowest BCUT2D eigenvalue weighted by Crippen LogP contribution is -1.98. The Morgan fingerprint density at radius 3 is 2.47 bits per heavy atom. The first kappa shape index (κ1) is 14.4. The van der Waals surface area contributed by atoms with E-state index >= 15 is 0 Å². The SMILES string of the molecule is COc1ccc(CC(Br)c2cc(Cl)ccc2C)cc1. The number of rotatable bonds is 4. The second-order valence-corrected chi connectivity index (χ2v) is 6.06. The smallest absolute Gasteiger partial charge is 0.118 e. The Morgan fingerprint density at radius 1 is 1.16 bits per heavy atom. The van der Waals surface area contributed by atoms with Gasteiger partial charge >= 0.3 is 0 Å². The van der Waals surface area contributed by atoms with Crippen LogP contribution in [0.4, 0.5) is 0 Å². The summed E-state index contributed by atoms with van der Waals surface area (Å²) in [6.07, 6.45) is 0.922. The molecule has 1 nitrogen and oxygen atoms in total. The summed E-state index contributed by atoms with van der Waals surface area (Å²) < 4.78 is 5.16. The van der Waals surface area contributed by atoms with Crippen molar-refractivity contribution >= 4 is 27.5 Å². The Labute approximate surface area is 127 Å². The summed E-state index contributed by atoms with van der Waals surface area (Å²) in [7, 11) is 1.68. The average molecular weight is 340 g/mol. The summed E-state index contributed by atoms with van der Waals surface area (Å²) in [5.41, 5.74) is 3.75. The van der Waals surface area contributed by atoms with Crippen LogP contribution >= 0.6 is 27.5 Å². The fourth-order valence-electron chi connectivity index (χ4n) is 2.03. The van der Waals surface area contributed by atoms with Crippen molar-refractivity contribution in [1.82, 2.24) is 0 Å². The molecule has 0 saturated carbocycles. The Kier molecular flexibility index (Phi) is 4.89. The largest absolute Gasteiger partial charge is 0.497 e. The van der Waals surface area contributed by atoms with Crippen molar-refractivity contribution in [2.75, 3.05) is 7.11 Å². The van der Waals surface area contributed by atoms with Crippen molar-refractivity contribution in [3.63, 3.8) is 0 Å². The first-order valence-electron chi connectivity index (χ1n) is 6.13. The highest BCUT2D eigenvalue weighted by Gasteiger charge is 2.11. The molecule has 19 heavy (non-hydrogen) atoms. The molecule has 100 valence electrons. The van der Waals surface area contributed by atoms with Crippen molar-refractivity contribution in [2.45, 2.75) is 18.2 Å². The molecule has 0 spiro atoms. The van der Waals surface area contributed by atoms with Gasteiger partial charge in [-0.25, -0.2) is 0 Å². The minimum Gasteiger partial charge on any atom is -0.497 e. The number of benzene rings is 2. The van der Waals surface area contributed by atoms with Crippen LogP contribution < -0.4 is 4.74 Å². The maximum Gasteiger partial charge on any atom is 0.118 e. The molecule has 0 fully saturated rings. The van der Waals surface area contributed by atoms with Gasteiger partial charge in [0, 0.05) is 9.85 Å². The highest BCUT2D eigenvalue weighted by molar-refractivity contribution is 9.09. The maximum atomic E-state index is 6.07. The second kappa shape index (κ2) is 6.44. The Bertz CT molecular complexity index is 551. The number of aryl methyl sites for hydroxylation is 1. The van der Waals surface area contributed by atoms with Crippen LogP contribution in [0.2, 0.25) is 5.02 Å². The molecule has 0 aliphatic heterocycles. The van der Waals surface area contributed by atoms with E-state index in [1.165, 1.54) is 16.7 Å². The third-order valence-electron chi connectivity index (χ3n) is 3.15. The van der Waals surface area contributed by atoms with Crippen molar-refractivity contribution in [3.8, 4) is 5.75 Å². The van der Waals surface area contributed by atoms with E-state index in [0.29, 0.717) is 0 Å². The Balaban J connectivity index is 2.15. The first-order chi connectivity index (χ1) is 9.10. The monoisotopic (exact) mass is 338 g/mol. The van der Waals surface area contributed by atoms with E-state index in [0.717, 1.165) is 17.2 Å². The van der Waals surface area contributed by atoms with Crippen molar-refractivity contribution in [2.24, 2.45) is 0 Å². The zero-order valence-electron chi connectivity index (χ0n) is 11.0. The fourth-order valence-corrected chi connectivity index (χ4v) is 3.07. The van der Waals surface area contributed by atoms with Crippen LogP contribution in [0.3, 0.4) is 0 Å². The molecule has 0 aromatic heterocycles. The molecule has 0 heterocycles. The molecule has 1 unspecified atom stereocenters. The number of halogens is 2. The lowest BCUT2D eigenvalue weighted by atomic mass is 10.0. The molecule has 2 aromatic carbocycles. The summed E-state index contributed by atoms with van der Waals surface area (Å²) in [5.74, 6) is 0.883. The molecular weight excluding hydrogens is 324 g/mol. The van der Waals surface area contributed by atoms with Crippen LogP contribution in [0.25, 0.3) is 0 Å². The van der Waals surface area contributed by atoms with Gasteiger partial charge in [-0.2, -0.15) is 0 Å². The van der Waals surface area contributed by atoms with Crippen LogP contribution in [-0.4, -0.2) is 7.11 Å². The normalized spacial score (nSPS) is 12.2. The second-order valence-electron chi connectivity index (χ2n) is 4.52. The minimum atomic E-state index is 0.264. The highest BCUT2D eigenvalue weighted by Crippen LogP contribution is 2.31. The third kappa shape index (κ3) is 3.74. The van der Waals surface area contributed by atoms with Crippen molar-refractivity contribution in [3.05, 3.63) is 64.2 Å². The van der Waals surface area contributed by atoms with Gasteiger partial charge in [-0.15, -0.1) is 0 Å². The summed E-state index contributed by atoms with van der Waals surface area (Å²) in [4.78, 5) is 0.264. The molecule has 0 saturated heterocycles. The maximum absolute atomic E-state index is 6.07. The lowest BCUT2D eigenvalue weighted by Gasteiger charge is -2.14. The standard InChI is InChI=1S/C16H16BrClO/c1-11-3-6-13(18)10-15(11)16(17)9-12-4-7-14(19-2)8-5-12/h3-8,10,16H,9H2,1-2H3. The minimum absolute atomic E-state index is 0.264. The molecule has 0 aliphatic rings. The summed E-state index contributed by atoms with van der Waals surface area (Å²) in [6, 6.07) is 14.2. The van der Waals surface area contributed by atoms with E-state index < -0.39 is 0 Å². The van der Waals surface area contributed by atoms with Gasteiger partial charge in [-0.05, 0) is 54.3 Å². The highest BCUT2D eigenvalue weighted by atomic mass is 79.9. The molecule has 0 radical (unpaired) electrons. The van der Waals surface area contributed by atoms with Gasteiger partial charge in [0.15, 0.2) is 0 Å². The zero-order chi connectivity index (χ0) is 13.8. The van der Waals surface area contributed by atoms with E-state index in [-0.39, 0.29) is 4.83 Å². The third-order valence-corrected chi connectivity index (χ3v) is 4.20. The van der Waals surface area contributed by atoms with Crippen LogP contribution in [0.1, 0.15) is 21.5 Å². The predicted molar refractivity (Wildman–Crippen MR) is 84.6 cm³/mol. The molecule has 0 amide bonds. The van der Waals surface area contributed by atoms with Crippen molar-refractivity contribution < 1.29 is 4.74 Å². The quantitative estimate of drug-likeness (QED) is 0.684. The molecule has 0 N–H and O–H groups in total. The number of ether oxygens (including phenoxy) is 1. The predicted octanol–water partition coefficient (Wildman–Crippen LogP) is 5.34. The van der Waals surface area contributed by atoms with Gasteiger partial charge < -0.3 is 4.74 Å². The van der Waals surface area contributed by atoms with Gasteiger partial charge in [0.2, 0.25) is 0 Å². The van der Waals surface area contributed by atoms with Gasteiger partial charge in [0.05, 0.1) is 7.11 Å². The van der Waals surface area contributed by atoms with E-state index in [9.17, 15) is 0 Å². The summed E-state index contributed by atoms with van der Waals surface area (Å²) in [5, 5.41) is 0.778. The number of methoxy groups -OCH3 is 1. The van der Waals surface area contributed by atoms with Crippen LogP contribution in [0.15, 0.2) is 42.5 Å². The Hall–Kier alpha value is -0.990. The van der Waals surface area contributed by atoms with E-state index in [1.807, 2.05) is 24.3 Å². The van der Waals surface area contributed by atoms with Gasteiger partial charge in [0.1, 0.15) is 5.75 Å². The van der Waals surface area contributed by atoms with E-state index in [1.54, 1.807) is 7.11 Å². The first-order valence-corrected chi connectivity index (χ1v) is 7.42. The Morgan fingerprint density at radius 2 is 1.84 bits per heavy atom. The molecule has 0 aliphatic carbocycles. The fraction of sp³-hybridized carbons (Fsp3) is 0.250. The van der Waals surface area contributed by atoms with Crippen LogP contribution in [-0.2, 0) is 6.42 Å². The lowest BCUT2D eigenvalue weighted by molar-refractivity contribution is 0.414. The van der Waals surface area contributed by atoms with Crippen molar-refractivity contribution in [1.29, 1.82) is 0 Å². The van der Waals surface area contributed by atoms with Crippen LogP contribution in [0, 0.1) is 6.92 Å². The molecular formula is C16H16BrClO. The molecule has 3 heteroatoms. The topological polar surface area (TPSA) is 9.23 Å². The van der Waals surface area contributed by atoms with Gasteiger partial charge in [-0.3, -0.25) is 0 Å². The average Bonchev–Trinajstić information content (AvgIpc) is 2.42. The van der Waals surface area contributed by atoms with E-state index in [4.69, 9.17) is 16.3 Å². The number of hydrogen-bond acceptors (Lipinski definition) is 1.